The van der Waals surface area contributed by atoms with Crippen molar-refractivity contribution in [3.8, 4) is 0 Å². The van der Waals surface area contributed by atoms with E-state index in [2.05, 4.69) is 12.1 Å². The van der Waals surface area contributed by atoms with Crippen LogP contribution in [-0.4, -0.2) is 30.9 Å². The van der Waals surface area contributed by atoms with Crippen LogP contribution >= 0.6 is 0 Å². The van der Waals surface area contributed by atoms with Gasteiger partial charge in [0.2, 0.25) is 5.91 Å². The van der Waals surface area contributed by atoms with E-state index in [1.165, 1.54) is 5.56 Å². The summed E-state index contributed by atoms with van der Waals surface area (Å²) in [4.78, 5) is 14.1. The molecule has 0 spiro atoms. The van der Waals surface area contributed by atoms with Crippen LogP contribution in [0, 0.1) is 5.92 Å². The fourth-order valence-electron chi connectivity index (χ4n) is 2.60. The molecule has 1 aromatic rings. The number of hydrogen-bond acceptors (Lipinski definition) is 2. The molecule has 1 saturated carbocycles. The molecule has 1 aromatic carbocycles. The summed E-state index contributed by atoms with van der Waals surface area (Å²) in [5.41, 5.74) is 6.77. The quantitative estimate of drug-likeness (QED) is 0.765. The predicted octanol–water partition coefficient (Wildman–Crippen LogP) is 2.38. The topological polar surface area (TPSA) is 46.3 Å². The van der Waals surface area contributed by atoms with Crippen LogP contribution in [0.25, 0.3) is 0 Å². The molecule has 2 N–H and O–H groups in total. The molecule has 0 aromatic heterocycles. The van der Waals surface area contributed by atoms with Crippen LogP contribution in [0.15, 0.2) is 30.3 Å². The van der Waals surface area contributed by atoms with Gasteiger partial charge >= 0.3 is 0 Å². The van der Waals surface area contributed by atoms with E-state index in [4.69, 9.17) is 5.73 Å². The first kappa shape index (κ1) is 14.1. The summed E-state index contributed by atoms with van der Waals surface area (Å²) >= 11 is 0. The molecule has 1 fully saturated rings. The number of nitrogens with two attached hydrogens (primary N) is 1. The smallest absolute Gasteiger partial charge is 0.226 e. The Balaban J connectivity index is 1.76. The van der Waals surface area contributed by atoms with Gasteiger partial charge in [-0.05, 0) is 37.3 Å². The Kier molecular flexibility index (Phi) is 4.97. The highest BCUT2D eigenvalue weighted by Crippen LogP contribution is 2.48. The SMILES string of the molecule is CN(CCCCCN)C(=O)C1CC1c1ccccc1. The van der Waals surface area contributed by atoms with Gasteiger partial charge in [-0.15, -0.1) is 0 Å². The van der Waals surface area contributed by atoms with Crippen molar-refractivity contribution in [2.75, 3.05) is 20.1 Å². The molecular weight excluding hydrogens is 236 g/mol. The first-order valence-electron chi connectivity index (χ1n) is 7.24. The number of carbonyl (C=O) groups excluding carboxylic acids is 1. The normalized spacial score (nSPS) is 21.2. The van der Waals surface area contributed by atoms with Gasteiger partial charge in [-0.1, -0.05) is 36.8 Å². The third-order valence-corrected chi connectivity index (χ3v) is 3.91. The molecule has 1 aliphatic rings. The number of hydrogen-bond donors (Lipinski definition) is 1. The first-order valence-corrected chi connectivity index (χ1v) is 7.24. The summed E-state index contributed by atoms with van der Waals surface area (Å²) in [5.74, 6) is 0.962. The molecule has 0 radical (unpaired) electrons. The minimum atomic E-state index is 0.210. The lowest BCUT2D eigenvalue weighted by Crippen LogP contribution is -2.29. The van der Waals surface area contributed by atoms with E-state index in [9.17, 15) is 4.79 Å². The maximum absolute atomic E-state index is 12.3. The molecule has 0 heterocycles. The summed E-state index contributed by atoms with van der Waals surface area (Å²) in [5, 5.41) is 0. The van der Waals surface area contributed by atoms with Gasteiger partial charge in [-0.2, -0.15) is 0 Å². The molecule has 0 saturated heterocycles. The summed E-state index contributed by atoms with van der Waals surface area (Å²) in [6.45, 7) is 1.60. The highest BCUT2D eigenvalue weighted by Gasteiger charge is 2.44. The van der Waals surface area contributed by atoms with Crippen LogP contribution in [-0.2, 0) is 4.79 Å². The molecule has 3 nitrogen and oxygen atoms in total. The Bertz CT molecular complexity index is 404. The van der Waals surface area contributed by atoms with E-state index in [1.807, 2.05) is 30.1 Å². The summed E-state index contributed by atoms with van der Waals surface area (Å²) in [7, 11) is 1.92. The van der Waals surface area contributed by atoms with Gasteiger partial charge in [0.1, 0.15) is 0 Å². The van der Waals surface area contributed by atoms with Crippen molar-refractivity contribution in [1.29, 1.82) is 0 Å². The number of rotatable bonds is 7. The lowest BCUT2D eigenvalue weighted by atomic mass is 10.1. The maximum Gasteiger partial charge on any atom is 0.226 e. The van der Waals surface area contributed by atoms with Crippen LogP contribution in [0.4, 0.5) is 0 Å². The van der Waals surface area contributed by atoms with E-state index < -0.39 is 0 Å². The Hall–Kier alpha value is -1.35. The first-order chi connectivity index (χ1) is 9.24. The molecule has 1 amide bonds. The lowest BCUT2D eigenvalue weighted by molar-refractivity contribution is -0.131. The maximum atomic E-state index is 12.3. The third kappa shape index (κ3) is 3.80. The largest absolute Gasteiger partial charge is 0.346 e. The van der Waals surface area contributed by atoms with Crippen LogP contribution in [0.3, 0.4) is 0 Å². The highest BCUT2D eigenvalue weighted by molar-refractivity contribution is 5.82. The summed E-state index contributed by atoms with van der Waals surface area (Å²) in [6, 6.07) is 10.4. The van der Waals surface area contributed by atoms with Gasteiger partial charge < -0.3 is 10.6 Å². The van der Waals surface area contributed by atoms with E-state index in [0.717, 1.165) is 38.8 Å². The van der Waals surface area contributed by atoms with Gasteiger partial charge in [0.25, 0.3) is 0 Å². The average Bonchev–Trinajstić information content (AvgIpc) is 3.24. The molecule has 0 aliphatic heterocycles. The van der Waals surface area contributed by atoms with E-state index in [0.29, 0.717) is 11.8 Å². The van der Waals surface area contributed by atoms with Crippen LogP contribution < -0.4 is 5.73 Å². The van der Waals surface area contributed by atoms with Gasteiger partial charge in [-0.3, -0.25) is 4.79 Å². The Morgan fingerprint density at radius 2 is 2.00 bits per heavy atom. The molecule has 2 atom stereocenters. The van der Waals surface area contributed by atoms with Crippen molar-refractivity contribution >= 4 is 5.91 Å². The highest BCUT2D eigenvalue weighted by atomic mass is 16.2. The van der Waals surface area contributed by atoms with Gasteiger partial charge in [0, 0.05) is 19.5 Å². The molecule has 1 aliphatic carbocycles. The Labute approximate surface area is 115 Å². The van der Waals surface area contributed by atoms with Gasteiger partial charge in [0.15, 0.2) is 0 Å². The molecule has 19 heavy (non-hydrogen) atoms. The number of unbranched alkanes of at least 4 members (excludes halogenated alkanes) is 2. The van der Waals surface area contributed by atoms with Crippen molar-refractivity contribution in [3.05, 3.63) is 35.9 Å². The second kappa shape index (κ2) is 6.71. The van der Waals surface area contributed by atoms with E-state index in [1.54, 1.807) is 0 Å². The van der Waals surface area contributed by atoms with E-state index >= 15 is 0 Å². The molecule has 2 unspecified atom stereocenters. The molecule has 104 valence electrons. The molecule has 2 rings (SSSR count). The van der Waals surface area contributed by atoms with E-state index in [-0.39, 0.29) is 5.92 Å². The van der Waals surface area contributed by atoms with Gasteiger partial charge in [0.05, 0.1) is 0 Å². The summed E-state index contributed by atoms with van der Waals surface area (Å²) < 4.78 is 0. The fourth-order valence-corrected chi connectivity index (χ4v) is 2.60. The van der Waals surface area contributed by atoms with Crippen LogP contribution in [0.2, 0.25) is 0 Å². The van der Waals surface area contributed by atoms with Crippen molar-refractivity contribution in [2.24, 2.45) is 11.7 Å². The minimum absolute atomic E-state index is 0.210. The zero-order valence-corrected chi connectivity index (χ0v) is 11.7. The van der Waals surface area contributed by atoms with Crippen LogP contribution in [0.1, 0.15) is 37.2 Å². The fraction of sp³-hybridized carbons (Fsp3) is 0.562. The van der Waals surface area contributed by atoms with Crippen LogP contribution in [0.5, 0.6) is 0 Å². The monoisotopic (exact) mass is 260 g/mol. The van der Waals surface area contributed by atoms with Crippen molar-refractivity contribution in [2.45, 2.75) is 31.6 Å². The second-order valence-corrected chi connectivity index (χ2v) is 5.47. The second-order valence-electron chi connectivity index (χ2n) is 5.47. The average molecular weight is 260 g/mol. The standard InChI is InChI=1S/C16H24N2O/c1-18(11-7-3-6-10-17)16(19)15-12-14(15)13-8-4-2-5-9-13/h2,4-5,8-9,14-15H,3,6-7,10-12,17H2,1H3. The van der Waals surface area contributed by atoms with Crippen molar-refractivity contribution in [1.82, 2.24) is 4.90 Å². The number of benzene rings is 1. The number of nitrogens with zero attached hydrogens (tertiary/aromatic N) is 1. The number of amides is 1. The van der Waals surface area contributed by atoms with Gasteiger partial charge in [-0.25, -0.2) is 0 Å². The predicted molar refractivity (Wildman–Crippen MR) is 77.8 cm³/mol. The minimum Gasteiger partial charge on any atom is -0.346 e. The Morgan fingerprint density at radius 1 is 1.26 bits per heavy atom. The molecule has 3 heteroatoms. The Morgan fingerprint density at radius 3 is 2.68 bits per heavy atom. The summed E-state index contributed by atoms with van der Waals surface area (Å²) in [6.07, 6.45) is 4.23. The third-order valence-electron chi connectivity index (χ3n) is 3.91. The molecule has 0 bridgehead atoms. The molecular formula is C16H24N2O. The van der Waals surface area contributed by atoms with Crippen molar-refractivity contribution < 1.29 is 4.79 Å². The number of carbonyl (C=O) groups is 1. The zero-order valence-electron chi connectivity index (χ0n) is 11.7. The van der Waals surface area contributed by atoms with Crippen molar-refractivity contribution in [3.63, 3.8) is 0 Å². The zero-order chi connectivity index (χ0) is 13.7. The lowest BCUT2D eigenvalue weighted by Gasteiger charge is -2.17.